The van der Waals surface area contributed by atoms with Gasteiger partial charge in [0.15, 0.2) is 0 Å². The summed E-state index contributed by atoms with van der Waals surface area (Å²) in [6, 6.07) is 11.3. The molecule has 1 aromatic heterocycles. The van der Waals surface area contributed by atoms with Crippen molar-refractivity contribution in [3.8, 4) is 6.07 Å². The molecule has 0 saturated carbocycles. The summed E-state index contributed by atoms with van der Waals surface area (Å²) in [5, 5.41) is 17.1. The minimum absolute atomic E-state index is 0.379. The van der Waals surface area contributed by atoms with Crippen LogP contribution in [-0.2, 0) is 13.1 Å². The van der Waals surface area contributed by atoms with Crippen LogP contribution in [0, 0.1) is 25.2 Å². The molecular weight excluding hydrogens is 334 g/mol. The molecule has 0 saturated heterocycles. The summed E-state index contributed by atoms with van der Waals surface area (Å²) in [5.41, 5.74) is 6.12. The quantitative estimate of drug-likeness (QED) is 0.763. The first-order valence-electron chi connectivity index (χ1n) is 9.58. The molecule has 0 bridgehead atoms. The molecular formula is C22H29N5. The van der Waals surface area contributed by atoms with Crippen molar-refractivity contribution in [3.63, 3.8) is 0 Å². The highest BCUT2D eigenvalue weighted by atomic mass is 15.3. The van der Waals surface area contributed by atoms with Crippen LogP contribution < -0.4 is 10.2 Å². The predicted octanol–water partition coefficient (Wildman–Crippen LogP) is 3.68. The standard InChI is InChI=1S/C22H29N5/c1-16-22(17(2)27(25-16)13-5-12-23)19-8-9-20(14-19)24-15-18-6-10-21(11-7-18)26(3)4/h6-11,19-20,24H,5,13-15H2,1-4H3. The second kappa shape index (κ2) is 8.41. The van der Waals surface area contributed by atoms with E-state index in [0.29, 0.717) is 24.9 Å². The van der Waals surface area contributed by atoms with Crippen molar-refractivity contribution in [2.75, 3.05) is 19.0 Å². The lowest BCUT2D eigenvalue weighted by molar-refractivity contribution is 0.557. The Morgan fingerprint density at radius 1 is 1.22 bits per heavy atom. The molecule has 0 fully saturated rings. The monoisotopic (exact) mass is 363 g/mol. The van der Waals surface area contributed by atoms with Gasteiger partial charge in [-0.05, 0) is 38.0 Å². The zero-order valence-corrected chi connectivity index (χ0v) is 16.7. The van der Waals surface area contributed by atoms with Gasteiger partial charge in [-0.15, -0.1) is 0 Å². The predicted molar refractivity (Wildman–Crippen MR) is 110 cm³/mol. The third kappa shape index (κ3) is 4.40. The topological polar surface area (TPSA) is 56.9 Å². The zero-order valence-electron chi connectivity index (χ0n) is 16.7. The van der Waals surface area contributed by atoms with Gasteiger partial charge in [-0.1, -0.05) is 24.3 Å². The summed E-state index contributed by atoms with van der Waals surface area (Å²) in [5.74, 6) is 0.398. The highest BCUT2D eigenvalue weighted by Crippen LogP contribution is 2.33. The van der Waals surface area contributed by atoms with Crippen molar-refractivity contribution in [3.05, 3.63) is 58.9 Å². The van der Waals surface area contributed by atoms with Crippen LogP contribution in [0.3, 0.4) is 0 Å². The molecule has 1 aliphatic rings. The Kier molecular flexibility index (Phi) is 5.98. The van der Waals surface area contributed by atoms with E-state index in [1.54, 1.807) is 0 Å². The van der Waals surface area contributed by atoms with Crippen LogP contribution in [0.4, 0.5) is 5.69 Å². The van der Waals surface area contributed by atoms with E-state index in [0.717, 1.165) is 18.7 Å². The molecule has 0 radical (unpaired) electrons. The summed E-state index contributed by atoms with van der Waals surface area (Å²) >= 11 is 0. The fourth-order valence-electron chi connectivity index (χ4n) is 3.85. The molecule has 5 nitrogen and oxygen atoms in total. The van der Waals surface area contributed by atoms with Gasteiger partial charge in [0, 0.05) is 49.5 Å². The van der Waals surface area contributed by atoms with E-state index in [4.69, 9.17) is 5.26 Å². The fourth-order valence-corrected chi connectivity index (χ4v) is 3.85. The number of aromatic nitrogens is 2. The molecule has 142 valence electrons. The van der Waals surface area contributed by atoms with Gasteiger partial charge in [0.1, 0.15) is 0 Å². The SMILES string of the molecule is Cc1nn(CCC#N)c(C)c1C1C=CC(NCc2ccc(N(C)C)cc2)C1. The molecule has 1 aliphatic carbocycles. The number of nitrogens with zero attached hydrogens (tertiary/aromatic N) is 4. The number of hydrogen-bond acceptors (Lipinski definition) is 4. The Morgan fingerprint density at radius 3 is 2.63 bits per heavy atom. The molecule has 1 heterocycles. The Balaban J connectivity index is 1.58. The minimum atomic E-state index is 0.379. The number of rotatable bonds is 7. The molecule has 0 amide bonds. The first-order chi connectivity index (χ1) is 13.0. The van der Waals surface area contributed by atoms with Crippen molar-refractivity contribution >= 4 is 5.69 Å². The van der Waals surface area contributed by atoms with E-state index in [9.17, 15) is 0 Å². The van der Waals surface area contributed by atoms with Crippen LogP contribution in [-0.4, -0.2) is 29.9 Å². The average Bonchev–Trinajstić information content (AvgIpc) is 3.22. The Hall–Kier alpha value is -2.58. The average molecular weight is 364 g/mol. The number of nitrogens with one attached hydrogen (secondary N) is 1. The molecule has 2 atom stereocenters. The van der Waals surface area contributed by atoms with Crippen LogP contribution in [0.25, 0.3) is 0 Å². The summed E-state index contributed by atoms with van der Waals surface area (Å²) in [6.07, 6.45) is 6.14. The van der Waals surface area contributed by atoms with E-state index in [-0.39, 0.29) is 0 Å². The first-order valence-corrected chi connectivity index (χ1v) is 9.58. The highest BCUT2D eigenvalue weighted by molar-refractivity contribution is 5.46. The van der Waals surface area contributed by atoms with Crippen molar-refractivity contribution in [1.82, 2.24) is 15.1 Å². The van der Waals surface area contributed by atoms with Crippen LogP contribution in [0.2, 0.25) is 0 Å². The molecule has 5 heteroatoms. The Morgan fingerprint density at radius 2 is 1.96 bits per heavy atom. The second-order valence-corrected chi connectivity index (χ2v) is 7.49. The van der Waals surface area contributed by atoms with Gasteiger partial charge in [-0.25, -0.2) is 0 Å². The summed E-state index contributed by atoms with van der Waals surface area (Å²) in [7, 11) is 4.12. The van der Waals surface area contributed by atoms with Gasteiger partial charge < -0.3 is 10.2 Å². The minimum Gasteiger partial charge on any atom is -0.378 e. The highest BCUT2D eigenvalue weighted by Gasteiger charge is 2.25. The largest absolute Gasteiger partial charge is 0.378 e. The van der Waals surface area contributed by atoms with Crippen molar-refractivity contribution in [2.45, 2.75) is 51.7 Å². The molecule has 2 aromatic rings. The lowest BCUT2D eigenvalue weighted by Gasteiger charge is -2.16. The van der Waals surface area contributed by atoms with Gasteiger partial charge >= 0.3 is 0 Å². The number of nitriles is 1. The van der Waals surface area contributed by atoms with Gasteiger partial charge in [0.2, 0.25) is 0 Å². The molecule has 3 rings (SSSR count). The maximum atomic E-state index is 8.82. The molecule has 1 aromatic carbocycles. The van der Waals surface area contributed by atoms with Crippen LogP contribution in [0.15, 0.2) is 36.4 Å². The van der Waals surface area contributed by atoms with Crippen molar-refractivity contribution in [1.29, 1.82) is 5.26 Å². The maximum Gasteiger partial charge on any atom is 0.0641 e. The second-order valence-electron chi connectivity index (χ2n) is 7.49. The van der Waals surface area contributed by atoms with Crippen LogP contribution in [0.1, 0.15) is 41.3 Å². The van der Waals surface area contributed by atoms with Gasteiger partial charge in [-0.2, -0.15) is 10.4 Å². The number of aryl methyl sites for hydroxylation is 2. The smallest absolute Gasteiger partial charge is 0.0641 e. The van der Waals surface area contributed by atoms with Gasteiger partial charge in [0.25, 0.3) is 0 Å². The normalized spacial score (nSPS) is 18.6. The number of anilines is 1. The van der Waals surface area contributed by atoms with E-state index in [1.807, 2.05) is 4.68 Å². The van der Waals surface area contributed by atoms with E-state index >= 15 is 0 Å². The number of benzene rings is 1. The third-order valence-electron chi connectivity index (χ3n) is 5.35. The number of allylic oxidation sites excluding steroid dienone is 1. The molecule has 0 spiro atoms. The molecule has 27 heavy (non-hydrogen) atoms. The summed E-state index contributed by atoms with van der Waals surface area (Å²) in [4.78, 5) is 2.11. The Labute approximate surface area is 162 Å². The van der Waals surface area contributed by atoms with E-state index in [1.165, 1.54) is 22.5 Å². The van der Waals surface area contributed by atoms with Crippen molar-refractivity contribution in [2.24, 2.45) is 0 Å². The molecule has 2 unspecified atom stereocenters. The van der Waals surface area contributed by atoms with E-state index in [2.05, 4.69) is 85.7 Å². The first kappa shape index (κ1) is 19.2. The summed E-state index contributed by atoms with van der Waals surface area (Å²) < 4.78 is 1.98. The number of hydrogen-bond donors (Lipinski definition) is 1. The summed E-state index contributed by atoms with van der Waals surface area (Å²) in [6.45, 7) is 5.73. The zero-order chi connectivity index (χ0) is 19.4. The van der Waals surface area contributed by atoms with Gasteiger partial charge in [-0.3, -0.25) is 4.68 Å². The molecule has 1 N–H and O–H groups in total. The maximum absolute atomic E-state index is 8.82. The lowest BCUT2D eigenvalue weighted by atomic mass is 9.96. The lowest BCUT2D eigenvalue weighted by Crippen LogP contribution is -2.25. The van der Waals surface area contributed by atoms with Crippen molar-refractivity contribution < 1.29 is 0 Å². The Bertz CT molecular complexity index is 839. The van der Waals surface area contributed by atoms with E-state index < -0.39 is 0 Å². The fraction of sp³-hybridized carbons (Fsp3) is 0.455. The molecule has 0 aliphatic heterocycles. The van der Waals surface area contributed by atoms with Crippen LogP contribution >= 0.6 is 0 Å². The van der Waals surface area contributed by atoms with Gasteiger partial charge in [0.05, 0.1) is 24.7 Å². The third-order valence-corrected chi connectivity index (χ3v) is 5.35. The van der Waals surface area contributed by atoms with Crippen LogP contribution in [0.5, 0.6) is 0 Å².